The molecule has 2 aliphatic heterocycles. The van der Waals surface area contributed by atoms with Crippen LogP contribution in [-0.2, 0) is 16.1 Å². The molecule has 2 amide bonds. The molecule has 0 saturated carbocycles. The van der Waals surface area contributed by atoms with Crippen molar-refractivity contribution in [3.05, 3.63) is 35.9 Å². The Hall–Kier alpha value is -3.62. The van der Waals surface area contributed by atoms with Gasteiger partial charge in [0.1, 0.15) is 5.75 Å². The van der Waals surface area contributed by atoms with Gasteiger partial charge in [0.2, 0.25) is 18.6 Å². The van der Waals surface area contributed by atoms with Crippen molar-refractivity contribution in [2.24, 2.45) is 5.92 Å². The molecule has 1 atom stereocenters. The number of anilines is 1. The van der Waals surface area contributed by atoms with E-state index in [1.807, 2.05) is 0 Å². The molecular weight excluding hydrogens is 404 g/mol. The number of fused-ring (bicyclic) bond motifs is 1. The van der Waals surface area contributed by atoms with Crippen molar-refractivity contribution in [1.29, 1.82) is 0 Å². The lowest BCUT2D eigenvalue weighted by Gasteiger charge is -2.18. The highest BCUT2D eigenvalue weighted by Crippen LogP contribution is 2.37. The number of hydrogen-bond donors (Lipinski definition) is 1. The van der Waals surface area contributed by atoms with Gasteiger partial charge in [-0.15, -0.1) is 0 Å². The fourth-order valence-corrected chi connectivity index (χ4v) is 3.74. The van der Waals surface area contributed by atoms with Gasteiger partial charge in [0.15, 0.2) is 23.0 Å². The van der Waals surface area contributed by atoms with E-state index in [0.29, 0.717) is 41.0 Å². The molecule has 4 rings (SSSR count). The second-order valence-corrected chi connectivity index (χ2v) is 7.18. The molecule has 2 aromatic carbocycles. The first kappa shape index (κ1) is 20.6. The number of nitrogens with zero attached hydrogens (tertiary/aromatic N) is 1. The van der Waals surface area contributed by atoms with Crippen LogP contribution in [0.25, 0.3) is 0 Å². The molecule has 164 valence electrons. The van der Waals surface area contributed by atoms with E-state index >= 15 is 0 Å². The number of methoxy groups -OCH3 is 3. The lowest BCUT2D eigenvalue weighted by Crippen LogP contribution is -2.32. The Balaban J connectivity index is 1.42. The summed E-state index contributed by atoms with van der Waals surface area (Å²) in [5.74, 6) is 2.13. The van der Waals surface area contributed by atoms with Crippen LogP contribution in [0.3, 0.4) is 0 Å². The Labute approximate surface area is 179 Å². The van der Waals surface area contributed by atoms with Gasteiger partial charge < -0.3 is 33.9 Å². The molecule has 9 heteroatoms. The minimum Gasteiger partial charge on any atom is -0.496 e. The first-order valence-corrected chi connectivity index (χ1v) is 9.80. The number of benzene rings is 2. The summed E-state index contributed by atoms with van der Waals surface area (Å²) >= 11 is 0. The zero-order valence-corrected chi connectivity index (χ0v) is 17.6. The normalized spacial score (nSPS) is 16.9. The maximum atomic E-state index is 12.8. The molecule has 0 aromatic heterocycles. The summed E-state index contributed by atoms with van der Waals surface area (Å²) in [5, 5.41) is 2.90. The van der Waals surface area contributed by atoms with Gasteiger partial charge in [-0.1, -0.05) is 0 Å². The zero-order valence-electron chi connectivity index (χ0n) is 17.6. The predicted molar refractivity (Wildman–Crippen MR) is 111 cm³/mol. The lowest BCUT2D eigenvalue weighted by molar-refractivity contribution is -0.126. The van der Waals surface area contributed by atoms with Gasteiger partial charge in [-0.3, -0.25) is 9.59 Å². The first-order chi connectivity index (χ1) is 15.0. The van der Waals surface area contributed by atoms with Crippen LogP contribution in [0.5, 0.6) is 28.7 Å². The van der Waals surface area contributed by atoms with Gasteiger partial charge in [0, 0.05) is 42.9 Å². The summed E-state index contributed by atoms with van der Waals surface area (Å²) in [6, 6.07) is 8.79. The summed E-state index contributed by atoms with van der Waals surface area (Å²) in [4.78, 5) is 26.9. The van der Waals surface area contributed by atoms with E-state index in [1.54, 1.807) is 56.6 Å². The highest BCUT2D eigenvalue weighted by atomic mass is 16.7. The van der Waals surface area contributed by atoms with E-state index in [9.17, 15) is 9.59 Å². The van der Waals surface area contributed by atoms with Crippen LogP contribution >= 0.6 is 0 Å². The van der Waals surface area contributed by atoms with E-state index in [4.69, 9.17) is 23.7 Å². The standard InChI is InChI=1S/C22H24N2O7/c1-27-17-9-19(29-3)18(28-2)6-13(17)10-23-22(26)14-7-21(25)24(11-14)15-4-5-16-20(8-15)31-12-30-16/h4-6,8-9,14H,7,10-12H2,1-3H3,(H,23,26)/t14-/m1/s1. The number of nitrogens with one attached hydrogen (secondary N) is 1. The highest BCUT2D eigenvalue weighted by Gasteiger charge is 2.35. The molecule has 0 unspecified atom stereocenters. The van der Waals surface area contributed by atoms with Crippen LogP contribution in [0, 0.1) is 5.92 Å². The van der Waals surface area contributed by atoms with Crippen LogP contribution in [0.15, 0.2) is 30.3 Å². The summed E-state index contributed by atoms with van der Waals surface area (Å²) in [6.07, 6.45) is 0.142. The lowest BCUT2D eigenvalue weighted by atomic mass is 10.1. The molecule has 2 aliphatic rings. The van der Waals surface area contributed by atoms with Crippen LogP contribution in [0.4, 0.5) is 5.69 Å². The molecule has 9 nitrogen and oxygen atoms in total. The summed E-state index contributed by atoms with van der Waals surface area (Å²) in [5.41, 5.74) is 1.43. The molecule has 31 heavy (non-hydrogen) atoms. The maximum absolute atomic E-state index is 12.8. The highest BCUT2D eigenvalue weighted by molar-refractivity contribution is 6.00. The molecule has 1 fully saturated rings. The number of hydrogen-bond acceptors (Lipinski definition) is 7. The van der Waals surface area contributed by atoms with Crippen molar-refractivity contribution in [3.8, 4) is 28.7 Å². The van der Waals surface area contributed by atoms with E-state index in [-0.39, 0.29) is 31.6 Å². The van der Waals surface area contributed by atoms with E-state index in [1.165, 1.54) is 0 Å². The number of carbonyl (C=O) groups is 2. The molecule has 0 radical (unpaired) electrons. The van der Waals surface area contributed by atoms with E-state index in [0.717, 1.165) is 5.56 Å². The Kier molecular flexibility index (Phi) is 5.75. The van der Waals surface area contributed by atoms with Gasteiger partial charge in [-0.2, -0.15) is 0 Å². The smallest absolute Gasteiger partial charge is 0.231 e. The zero-order chi connectivity index (χ0) is 22.0. The SMILES string of the molecule is COc1cc(OC)c(OC)cc1CNC(=O)[C@@H]1CC(=O)N(c2ccc3c(c2)OCO3)C1. The third-order valence-corrected chi connectivity index (χ3v) is 5.40. The van der Waals surface area contributed by atoms with Gasteiger partial charge in [0.05, 0.1) is 27.2 Å². The van der Waals surface area contributed by atoms with Gasteiger partial charge in [0.25, 0.3) is 0 Å². The van der Waals surface area contributed by atoms with Gasteiger partial charge in [-0.05, 0) is 18.2 Å². The minimum absolute atomic E-state index is 0.109. The van der Waals surface area contributed by atoms with Crippen molar-refractivity contribution in [3.63, 3.8) is 0 Å². The largest absolute Gasteiger partial charge is 0.496 e. The number of rotatable bonds is 7. The maximum Gasteiger partial charge on any atom is 0.231 e. The van der Waals surface area contributed by atoms with Crippen LogP contribution < -0.4 is 33.9 Å². The number of amides is 2. The molecule has 1 saturated heterocycles. The number of ether oxygens (including phenoxy) is 5. The van der Waals surface area contributed by atoms with Gasteiger partial charge in [-0.25, -0.2) is 0 Å². The van der Waals surface area contributed by atoms with Crippen molar-refractivity contribution in [2.75, 3.05) is 39.6 Å². The van der Waals surface area contributed by atoms with Crippen molar-refractivity contribution < 1.29 is 33.3 Å². The summed E-state index contributed by atoms with van der Waals surface area (Å²) in [6.45, 7) is 0.696. The van der Waals surface area contributed by atoms with Crippen LogP contribution in [0.2, 0.25) is 0 Å². The molecule has 0 bridgehead atoms. The average Bonchev–Trinajstić information content (AvgIpc) is 3.42. The van der Waals surface area contributed by atoms with E-state index in [2.05, 4.69) is 5.32 Å². The molecule has 0 spiro atoms. The Morgan fingerprint density at radius 1 is 1.03 bits per heavy atom. The number of carbonyl (C=O) groups excluding carboxylic acids is 2. The Morgan fingerprint density at radius 2 is 1.74 bits per heavy atom. The molecule has 2 aromatic rings. The average molecular weight is 428 g/mol. The monoisotopic (exact) mass is 428 g/mol. The van der Waals surface area contributed by atoms with Crippen molar-refractivity contribution in [1.82, 2.24) is 5.32 Å². The molecule has 2 heterocycles. The Bertz CT molecular complexity index is 1010. The predicted octanol–water partition coefficient (Wildman–Crippen LogP) is 2.11. The molecule has 0 aliphatic carbocycles. The van der Waals surface area contributed by atoms with E-state index < -0.39 is 5.92 Å². The van der Waals surface area contributed by atoms with Crippen LogP contribution in [0.1, 0.15) is 12.0 Å². The Morgan fingerprint density at radius 3 is 2.48 bits per heavy atom. The summed E-state index contributed by atoms with van der Waals surface area (Å²) < 4.78 is 26.7. The summed E-state index contributed by atoms with van der Waals surface area (Å²) in [7, 11) is 4.63. The topological polar surface area (TPSA) is 95.6 Å². The van der Waals surface area contributed by atoms with Gasteiger partial charge >= 0.3 is 0 Å². The third-order valence-electron chi connectivity index (χ3n) is 5.40. The second-order valence-electron chi connectivity index (χ2n) is 7.18. The quantitative estimate of drug-likeness (QED) is 0.722. The third kappa shape index (κ3) is 4.03. The first-order valence-electron chi connectivity index (χ1n) is 9.80. The van der Waals surface area contributed by atoms with Crippen LogP contribution in [-0.4, -0.2) is 46.5 Å². The fraction of sp³-hybridized carbons (Fsp3) is 0.364. The van der Waals surface area contributed by atoms with Crippen molar-refractivity contribution in [2.45, 2.75) is 13.0 Å². The molecule has 1 N–H and O–H groups in total. The molecular formula is C22H24N2O7. The second kappa shape index (κ2) is 8.63. The fourth-order valence-electron chi connectivity index (χ4n) is 3.74. The minimum atomic E-state index is -0.455. The van der Waals surface area contributed by atoms with Crippen molar-refractivity contribution >= 4 is 17.5 Å².